The molecular formula is C11H22N2. The van der Waals surface area contributed by atoms with Gasteiger partial charge in [0.05, 0.1) is 0 Å². The summed E-state index contributed by atoms with van der Waals surface area (Å²) < 4.78 is 0. The maximum Gasteiger partial charge on any atom is 0.0195 e. The van der Waals surface area contributed by atoms with E-state index in [-0.39, 0.29) is 0 Å². The number of hydrogen-bond acceptors (Lipinski definition) is 2. The van der Waals surface area contributed by atoms with Crippen LogP contribution in [-0.2, 0) is 0 Å². The Hall–Kier alpha value is -0.0800. The van der Waals surface area contributed by atoms with Crippen molar-refractivity contribution in [1.29, 1.82) is 0 Å². The summed E-state index contributed by atoms with van der Waals surface area (Å²) in [6.45, 7) is 7.59. The largest absolute Gasteiger partial charge is 0.313 e. The number of hydrogen-bond donors (Lipinski definition) is 1. The van der Waals surface area contributed by atoms with Crippen LogP contribution in [0, 0.1) is 5.92 Å². The molecule has 1 unspecified atom stereocenters. The molecule has 0 spiro atoms. The Bertz CT molecular complexity index is 152. The molecule has 0 aromatic heterocycles. The lowest BCUT2D eigenvalue weighted by Gasteiger charge is -2.32. The first kappa shape index (κ1) is 9.47. The molecule has 2 atom stereocenters. The molecule has 2 heteroatoms. The van der Waals surface area contributed by atoms with Gasteiger partial charge in [0, 0.05) is 19.1 Å². The molecule has 2 saturated heterocycles. The average Bonchev–Trinajstić information content (AvgIpc) is 2.57. The monoisotopic (exact) mass is 182 g/mol. The molecule has 13 heavy (non-hydrogen) atoms. The molecule has 2 rings (SSSR count). The maximum atomic E-state index is 3.58. The lowest BCUT2D eigenvalue weighted by molar-refractivity contribution is 0.170. The Balaban J connectivity index is 1.73. The molecule has 2 aliphatic rings. The molecule has 0 amide bonds. The molecule has 0 saturated carbocycles. The van der Waals surface area contributed by atoms with E-state index in [4.69, 9.17) is 0 Å². The van der Waals surface area contributed by atoms with Crippen LogP contribution in [0.2, 0.25) is 0 Å². The Morgan fingerprint density at radius 3 is 2.92 bits per heavy atom. The lowest BCUT2D eigenvalue weighted by atomic mass is 10.00. The predicted molar refractivity (Wildman–Crippen MR) is 55.9 cm³/mol. The minimum atomic E-state index is 0.797. The quantitative estimate of drug-likeness (QED) is 0.695. The fourth-order valence-electron chi connectivity index (χ4n) is 2.68. The van der Waals surface area contributed by atoms with Gasteiger partial charge in [0.1, 0.15) is 0 Å². The van der Waals surface area contributed by atoms with Crippen molar-refractivity contribution in [2.45, 2.75) is 38.6 Å². The van der Waals surface area contributed by atoms with Gasteiger partial charge in [-0.2, -0.15) is 0 Å². The zero-order valence-corrected chi connectivity index (χ0v) is 8.76. The third kappa shape index (κ3) is 2.68. The molecule has 0 bridgehead atoms. The smallest absolute Gasteiger partial charge is 0.0195 e. The molecule has 0 aliphatic carbocycles. The summed E-state index contributed by atoms with van der Waals surface area (Å²) in [6.07, 6.45) is 5.63. The summed E-state index contributed by atoms with van der Waals surface area (Å²) in [7, 11) is 0. The van der Waals surface area contributed by atoms with E-state index in [1.807, 2.05) is 0 Å². The van der Waals surface area contributed by atoms with Crippen LogP contribution in [0.25, 0.3) is 0 Å². The van der Waals surface area contributed by atoms with Crippen LogP contribution in [0.1, 0.15) is 32.6 Å². The average molecular weight is 182 g/mol. The summed E-state index contributed by atoms with van der Waals surface area (Å²) in [5, 5.41) is 3.58. The van der Waals surface area contributed by atoms with Crippen LogP contribution in [0.15, 0.2) is 0 Å². The molecule has 76 valence electrons. The van der Waals surface area contributed by atoms with Crippen molar-refractivity contribution in [3.05, 3.63) is 0 Å². The highest BCUT2D eigenvalue weighted by Crippen LogP contribution is 2.17. The summed E-state index contributed by atoms with van der Waals surface area (Å²) in [5.41, 5.74) is 0. The van der Waals surface area contributed by atoms with E-state index in [9.17, 15) is 0 Å². The van der Waals surface area contributed by atoms with Gasteiger partial charge in [0.2, 0.25) is 0 Å². The summed E-state index contributed by atoms with van der Waals surface area (Å²) in [5.74, 6) is 0.926. The second-order valence-corrected chi connectivity index (χ2v) is 4.80. The Labute approximate surface area is 81.7 Å². The van der Waals surface area contributed by atoms with Gasteiger partial charge in [-0.15, -0.1) is 0 Å². The predicted octanol–water partition coefficient (Wildman–Crippen LogP) is 1.47. The van der Waals surface area contributed by atoms with Crippen molar-refractivity contribution in [2.24, 2.45) is 5.92 Å². The van der Waals surface area contributed by atoms with Crippen LogP contribution in [0.5, 0.6) is 0 Å². The van der Waals surface area contributed by atoms with Crippen molar-refractivity contribution < 1.29 is 0 Å². The van der Waals surface area contributed by atoms with E-state index >= 15 is 0 Å². The van der Waals surface area contributed by atoms with Crippen molar-refractivity contribution in [3.8, 4) is 0 Å². The zero-order chi connectivity index (χ0) is 9.10. The van der Waals surface area contributed by atoms with Crippen LogP contribution in [-0.4, -0.2) is 37.1 Å². The second-order valence-electron chi connectivity index (χ2n) is 4.80. The van der Waals surface area contributed by atoms with Crippen molar-refractivity contribution >= 4 is 0 Å². The molecular weight excluding hydrogens is 160 g/mol. The number of piperidine rings is 1. The van der Waals surface area contributed by atoms with E-state index in [0.29, 0.717) is 0 Å². The van der Waals surface area contributed by atoms with Gasteiger partial charge in [-0.3, -0.25) is 0 Å². The normalized spacial score (nSPS) is 36.7. The van der Waals surface area contributed by atoms with Gasteiger partial charge in [-0.1, -0.05) is 6.92 Å². The summed E-state index contributed by atoms with van der Waals surface area (Å²) in [6, 6.07) is 0.797. The van der Waals surface area contributed by atoms with Gasteiger partial charge in [0.25, 0.3) is 0 Å². The van der Waals surface area contributed by atoms with Crippen molar-refractivity contribution in [1.82, 2.24) is 10.2 Å². The molecule has 2 heterocycles. The summed E-state index contributed by atoms with van der Waals surface area (Å²) >= 11 is 0. The van der Waals surface area contributed by atoms with E-state index < -0.39 is 0 Å². The van der Waals surface area contributed by atoms with E-state index in [1.165, 1.54) is 51.9 Å². The number of rotatable bonds is 2. The topological polar surface area (TPSA) is 15.3 Å². The van der Waals surface area contributed by atoms with Gasteiger partial charge in [0.15, 0.2) is 0 Å². The minimum absolute atomic E-state index is 0.797. The molecule has 2 fully saturated rings. The minimum Gasteiger partial charge on any atom is -0.313 e. The number of nitrogens with one attached hydrogen (secondary N) is 1. The fourth-order valence-corrected chi connectivity index (χ4v) is 2.68. The van der Waals surface area contributed by atoms with Crippen LogP contribution in [0.4, 0.5) is 0 Å². The zero-order valence-electron chi connectivity index (χ0n) is 8.76. The first-order chi connectivity index (χ1) is 6.34. The highest BCUT2D eigenvalue weighted by molar-refractivity contribution is 4.80. The van der Waals surface area contributed by atoms with E-state index in [2.05, 4.69) is 17.1 Å². The van der Waals surface area contributed by atoms with Crippen molar-refractivity contribution in [3.63, 3.8) is 0 Å². The molecule has 0 radical (unpaired) electrons. The van der Waals surface area contributed by atoms with Crippen LogP contribution >= 0.6 is 0 Å². The third-order valence-electron chi connectivity index (χ3n) is 3.38. The van der Waals surface area contributed by atoms with Crippen LogP contribution < -0.4 is 5.32 Å². The van der Waals surface area contributed by atoms with Gasteiger partial charge < -0.3 is 10.2 Å². The molecule has 2 aliphatic heterocycles. The van der Waals surface area contributed by atoms with Gasteiger partial charge >= 0.3 is 0 Å². The van der Waals surface area contributed by atoms with Crippen LogP contribution in [0.3, 0.4) is 0 Å². The Morgan fingerprint density at radius 2 is 2.23 bits per heavy atom. The summed E-state index contributed by atoms with van der Waals surface area (Å²) in [4.78, 5) is 2.65. The Morgan fingerprint density at radius 1 is 1.31 bits per heavy atom. The first-order valence-electron chi connectivity index (χ1n) is 5.80. The lowest BCUT2D eigenvalue weighted by Crippen LogP contribution is -2.42. The SMILES string of the molecule is CC1CCCN(C[C@@H]2CCCN2)C1. The standard InChI is InChI=1S/C11H22N2/c1-10-4-3-7-13(8-10)9-11-5-2-6-12-11/h10-12H,2-9H2,1H3/t10?,11-/m0/s1. The maximum absolute atomic E-state index is 3.58. The van der Waals surface area contributed by atoms with E-state index in [0.717, 1.165) is 12.0 Å². The molecule has 1 N–H and O–H groups in total. The molecule has 0 aromatic carbocycles. The van der Waals surface area contributed by atoms with Gasteiger partial charge in [-0.25, -0.2) is 0 Å². The molecule has 2 nitrogen and oxygen atoms in total. The van der Waals surface area contributed by atoms with Gasteiger partial charge in [-0.05, 0) is 44.7 Å². The highest BCUT2D eigenvalue weighted by atomic mass is 15.2. The van der Waals surface area contributed by atoms with E-state index in [1.54, 1.807) is 0 Å². The highest BCUT2D eigenvalue weighted by Gasteiger charge is 2.21. The number of nitrogens with zero attached hydrogens (tertiary/aromatic N) is 1. The number of likely N-dealkylation sites (tertiary alicyclic amines) is 1. The van der Waals surface area contributed by atoms with Crippen molar-refractivity contribution in [2.75, 3.05) is 26.2 Å². The second kappa shape index (κ2) is 4.43. The fraction of sp³-hybridized carbons (Fsp3) is 1.00. The third-order valence-corrected chi connectivity index (χ3v) is 3.38. The Kier molecular flexibility index (Phi) is 3.23. The molecule has 0 aromatic rings. The first-order valence-corrected chi connectivity index (χ1v) is 5.80.